The third-order valence-electron chi connectivity index (χ3n) is 3.89. The Morgan fingerprint density at radius 3 is 2.50 bits per heavy atom. The van der Waals surface area contributed by atoms with Gasteiger partial charge in [0, 0.05) is 37.4 Å². The van der Waals surface area contributed by atoms with Gasteiger partial charge in [-0.1, -0.05) is 0 Å². The molecule has 0 spiro atoms. The molecule has 1 aromatic heterocycles. The Labute approximate surface area is 142 Å². The first kappa shape index (κ1) is 16.3. The van der Waals surface area contributed by atoms with E-state index in [0.717, 1.165) is 49.4 Å². The lowest BCUT2D eigenvalue weighted by atomic mass is 10.1. The maximum absolute atomic E-state index is 12.2. The molecule has 2 aromatic rings. The molecule has 0 radical (unpaired) electrons. The van der Waals surface area contributed by atoms with Crippen molar-refractivity contribution in [2.24, 2.45) is 0 Å². The van der Waals surface area contributed by atoms with Crippen molar-refractivity contribution in [1.29, 1.82) is 0 Å². The fraction of sp³-hybridized carbons (Fsp3) is 0.333. The van der Waals surface area contributed by atoms with E-state index in [4.69, 9.17) is 0 Å². The molecule has 0 unspecified atom stereocenters. The fourth-order valence-electron chi connectivity index (χ4n) is 2.47. The molecule has 0 saturated carbocycles. The zero-order valence-corrected chi connectivity index (χ0v) is 14.0. The number of anilines is 2. The van der Waals surface area contributed by atoms with Gasteiger partial charge in [0.05, 0.1) is 4.92 Å². The van der Waals surface area contributed by atoms with Crippen LogP contribution in [0.5, 0.6) is 0 Å². The number of hydrogen-bond acceptors (Lipinski definition) is 7. The summed E-state index contributed by atoms with van der Waals surface area (Å²) >= 11 is 0.835. The predicted octanol–water partition coefficient (Wildman–Crippen LogP) is 2.06. The molecular weight excluding hydrogens is 330 g/mol. The highest BCUT2D eigenvalue weighted by Gasteiger charge is 2.16. The maximum atomic E-state index is 12.2. The standard InChI is InChI=1S/C15H17N5O3S/c1-18-6-8-19(9-7-18)12-4-2-11(3-5-12)14(21)17-15-16-10-13(24-15)20(22)23/h2-5,10H,6-9H2,1H3,(H,16,17,21). The summed E-state index contributed by atoms with van der Waals surface area (Å²) in [4.78, 5) is 30.7. The molecule has 1 aliphatic rings. The number of aromatic nitrogens is 1. The number of rotatable bonds is 4. The minimum absolute atomic E-state index is 0.101. The molecule has 0 atom stereocenters. The van der Waals surface area contributed by atoms with Crippen LogP contribution in [-0.4, -0.2) is 53.9 Å². The number of amides is 1. The summed E-state index contributed by atoms with van der Waals surface area (Å²) in [5.74, 6) is -0.329. The van der Waals surface area contributed by atoms with Gasteiger partial charge in [0.2, 0.25) is 0 Å². The van der Waals surface area contributed by atoms with E-state index in [-0.39, 0.29) is 16.0 Å². The van der Waals surface area contributed by atoms with Crippen LogP contribution in [0.2, 0.25) is 0 Å². The van der Waals surface area contributed by atoms with E-state index in [2.05, 4.69) is 27.1 Å². The molecule has 1 amide bonds. The van der Waals surface area contributed by atoms with E-state index in [1.54, 1.807) is 12.1 Å². The zero-order chi connectivity index (χ0) is 17.1. The average molecular weight is 347 g/mol. The summed E-state index contributed by atoms with van der Waals surface area (Å²) in [6.07, 6.45) is 1.14. The van der Waals surface area contributed by atoms with Crippen molar-refractivity contribution in [3.05, 3.63) is 46.1 Å². The van der Waals surface area contributed by atoms with Crippen LogP contribution < -0.4 is 10.2 Å². The molecule has 3 rings (SSSR count). The van der Waals surface area contributed by atoms with Crippen LogP contribution in [0.25, 0.3) is 0 Å². The number of carbonyl (C=O) groups excluding carboxylic acids is 1. The highest BCUT2D eigenvalue weighted by atomic mass is 32.1. The number of likely N-dealkylation sites (N-methyl/N-ethyl adjacent to an activating group) is 1. The third-order valence-corrected chi connectivity index (χ3v) is 4.76. The Morgan fingerprint density at radius 2 is 1.92 bits per heavy atom. The van der Waals surface area contributed by atoms with Crippen LogP contribution in [-0.2, 0) is 0 Å². The van der Waals surface area contributed by atoms with Gasteiger partial charge in [0.1, 0.15) is 6.20 Å². The van der Waals surface area contributed by atoms with E-state index in [0.29, 0.717) is 5.56 Å². The number of nitrogens with one attached hydrogen (secondary N) is 1. The van der Waals surface area contributed by atoms with Crippen molar-refractivity contribution in [1.82, 2.24) is 9.88 Å². The van der Waals surface area contributed by atoms with Gasteiger partial charge in [0.15, 0.2) is 5.13 Å². The van der Waals surface area contributed by atoms with Crippen molar-refractivity contribution in [2.45, 2.75) is 0 Å². The first-order valence-electron chi connectivity index (χ1n) is 7.48. The number of carbonyl (C=O) groups is 1. The smallest absolute Gasteiger partial charge is 0.345 e. The van der Waals surface area contributed by atoms with Crippen molar-refractivity contribution < 1.29 is 9.72 Å². The van der Waals surface area contributed by atoms with E-state index in [1.165, 1.54) is 0 Å². The third kappa shape index (κ3) is 3.69. The summed E-state index contributed by atoms with van der Waals surface area (Å²) in [6.45, 7) is 3.96. The molecule has 1 aliphatic heterocycles. The van der Waals surface area contributed by atoms with E-state index in [9.17, 15) is 14.9 Å². The molecule has 1 fully saturated rings. The second-order valence-corrected chi connectivity index (χ2v) is 6.56. The van der Waals surface area contributed by atoms with Crippen LogP contribution in [0.1, 0.15) is 10.4 Å². The minimum Gasteiger partial charge on any atom is -0.369 e. The van der Waals surface area contributed by atoms with Crippen molar-refractivity contribution >= 4 is 33.1 Å². The number of thiazole rings is 1. The summed E-state index contributed by atoms with van der Waals surface area (Å²) < 4.78 is 0. The molecule has 1 saturated heterocycles. The van der Waals surface area contributed by atoms with Crippen LogP contribution >= 0.6 is 11.3 Å². The van der Waals surface area contributed by atoms with Gasteiger partial charge in [-0.2, -0.15) is 0 Å². The van der Waals surface area contributed by atoms with Crippen molar-refractivity contribution in [2.75, 3.05) is 43.4 Å². The fourth-order valence-corrected chi connectivity index (χ4v) is 3.09. The molecule has 8 nitrogen and oxygen atoms in total. The second-order valence-electron chi connectivity index (χ2n) is 5.55. The van der Waals surface area contributed by atoms with E-state index < -0.39 is 4.92 Å². The molecule has 1 aromatic carbocycles. The van der Waals surface area contributed by atoms with Gasteiger partial charge >= 0.3 is 5.00 Å². The van der Waals surface area contributed by atoms with Crippen LogP contribution in [0.3, 0.4) is 0 Å². The van der Waals surface area contributed by atoms with Crippen LogP contribution in [0, 0.1) is 10.1 Å². The van der Waals surface area contributed by atoms with Gasteiger partial charge in [0.25, 0.3) is 5.91 Å². The highest BCUT2D eigenvalue weighted by Crippen LogP contribution is 2.25. The Bertz CT molecular complexity index is 738. The molecule has 2 heterocycles. The molecular formula is C15H17N5O3S. The Balaban J connectivity index is 1.64. The van der Waals surface area contributed by atoms with Gasteiger partial charge < -0.3 is 9.80 Å². The van der Waals surface area contributed by atoms with E-state index >= 15 is 0 Å². The average Bonchev–Trinajstić information content (AvgIpc) is 3.04. The lowest BCUT2D eigenvalue weighted by Crippen LogP contribution is -2.44. The Morgan fingerprint density at radius 1 is 1.25 bits per heavy atom. The summed E-state index contributed by atoms with van der Waals surface area (Å²) in [5.41, 5.74) is 1.58. The first-order chi connectivity index (χ1) is 11.5. The maximum Gasteiger partial charge on any atom is 0.345 e. The highest BCUT2D eigenvalue weighted by molar-refractivity contribution is 7.18. The van der Waals surface area contributed by atoms with Gasteiger partial charge in [-0.05, 0) is 42.6 Å². The molecule has 1 N–H and O–H groups in total. The minimum atomic E-state index is -0.530. The molecule has 0 bridgehead atoms. The van der Waals surface area contributed by atoms with Crippen LogP contribution in [0.15, 0.2) is 30.5 Å². The quantitative estimate of drug-likeness (QED) is 0.672. The van der Waals surface area contributed by atoms with Gasteiger partial charge in [-0.3, -0.25) is 20.2 Å². The summed E-state index contributed by atoms with van der Waals surface area (Å²) in [7, 11) is 2.10. The Kier molecular flexibility index (Phi) is 4.72. The predicted molar refractivity (Wildman–Crippen MR) is 92.9 cm³/mol. The second kappa shape index (κ2) is 6.93. The lowest BCUT2D eigenvalue weighted by Gasteiger charge is -2.34. The number of benzene rings is 1. The number of piperazine rings is 1. The van der Waals surface area contributed by atoms with Crippen molar-refractivity contribution in [3.8, 4) is 0 Å². The number of nitro groups is 1. The molecule has 9 heteroatoms. The SMILES string of the molecule is CN1CCN(c2ccc(C(=O)Nc3ncc([N+](=O)[O-])s3)cc2)CC1. The topological polar surface area (TPSA) is 91.6 Å². The van der Waals surface area contributed by atoms with Gasteiger partial charge in [-0.25, -0.2) is 4.98 Å². The van der Waals surface area contributed by atoms with E-state index in [1.807, 2.05) is 12.1 Å². The summed E-state index contributed by atoms with van der Waals surface area (Å²) in [6, 6.07) is 7.35. The normalized spacial score (nSPS) is 15.3. The lowest BCUT2D eigenvalue weighted by molar-refractivity contribution is -0.380. The molecule has 126 valence electrons. The van der Waals surface area contributed by atoms with Gasteiger partial charge in [-0.15, -0.1) is 0 Å². The zero-order valence-electron chi connectivity index (χ0n) is 13.1. The first-order valence-corrected chi connectivity index (χ1v) is 8.30. The Hall–Kier alpha value is -2.52. The molecule has 24 heavy (non-hydrogen) atoms. The number of hydrogen-bond donors (Lipinski definition) is 1. The number of nitrogens with zero attached hydrogens (tertiary/aromatic N) is 4. The van der Waals surface area contributed by atoms with Crippen LogP contribution in [0.4, 0.5) is 15.8 Å². The van der Waals surface area contributed by atoms with Crippen molar-refractivity contribution in [3.63, 3.8) is 0 Å². The molecule has 0 aliphatic carbocycles. The largest absolute Gasteiger partial charge is 0.369 e. The monoisotopic (exact) mass is 347 g/mol. The summed E-state index contributed by atoms with van der Waals surface area (Å²) in [5, 5.41) is 13.3.